The normalized spacial score (nSPS) is 19.2. The predicted molar refractivity (Wildman–Crippen MR) is 97.1 cm³/mol. The van der Waals surface area contributed by atoms with Gasteiger partial charge in [-0.15, -0.1) is 0 Å². The number of ether oxygens (including phenoxy) is 2. The van der Waals surface area contributed by atoms with E-state index in [0.29, 0.717) is 18.0 Å². The Labute approximate surface area is 154 Å². The summed E-state index contributed by atoms with van der Waals surface area (Å²) in [4.78, 5) is 28.5. The maximum Gasteiger partial charge on any atom is 0.326 e. The molecular formula is C19H27N3O4. The Morgan fingerprint density at radius 2 is 1.81 bits per heavy atom. The van der Waals surface area contributed by atoms with E-state index in [0.717, 1.165) is 37.7 Å². The Morgan fingerprint density at radius 3 is 2.46 bits per heavy atom. The van der Waals surface area contributed by atoms with Crippen LogP contribution in [0.1, 0.15) is 37.7 Å². The van der Waals surface area contributed by atoms with Gasteiger partial charge in [0.05, 0.1) is 20.9 Å². The van der Waals surface area contributed by atoms with Crippen molar-refractivity contribution in [1.82, 2.24) is 15.1 Å². The van der Waals surface area contributed by atoms with Gasteiger partial charge in [0, 0.05) is 6.54 Å². The van der Waals surface area contributed by atoms with E-state index in [9.17, 15) is 9.59 Å². The summed E-state index contributed by atoms with van der Waals surface area (Å²) in [5, 5.41) is 2.95. The van der Waals surface area contributed by atoms with Gasteiger partial charge in [0.2, 0.25) is 0 Å². The molecule has 0 aromatic heterocycles. The molecule has 1 N–H and O–H groups in total. The number of imide groups is 1. The van der Waals surface area contributed by atoms with Crippen LogP contribution in [0.5, 0.6) is 11.5 Å². The van der Waals surface area contributed by atoms with Gasteiger partial charge in [-0.25, -0.2) is 9.69 Å². The first kappa shape index (κ1) is 18.5. The Balaban J connectivity index is 1.65. The van der Waals surface area contributed by atoms with Crippen LogP contribution in [0.3, 0.4) is 0 Å². The van der Waals surface area contributed by atoms with Crippen LogP contribution in [0.4, 0.5) is 4.79 Å². The number of nitrogens with one attached hydrogen (secondary N) is 1. The van der Waals surface area contributed by atoms with Crippen LogP contribution in [-0.2, 0) is 11.3 Å². The predicted octanol–water partition coefficient (Wildman–Crippen LogP) is 2.35. The highest BCUT2D eigenvalue weighted by atomic mass is 16.5. The molecule has 7 nitrogen and oxygen atoms in total. The Morgan fingerprint density at radius 1 is 1.12 bits per heavy atom. The average molecular weight is 361 g/mol. The van der Waals surface area contributed by atoms with Gasteiger partial charge >= 0.3 is 6.03 Å². The number of benzene rings is 1. The van der Waals surface area contributed by atoms with E-state index < -0.39 is 5.54 Å². The average Bonchev–Trinajstić information content (AvgIpc) is 2.86. The smallest absolute Gasteiger partial charge is 0.326 e. The maximum absolute atomic E-state index is 12.8. The SMILES string of the molecule is COc1ccc(CN(C)CN2C(=O)NC3(CCCCC3)C2=O)cc1OC. The number of hydrogen-bond donors (Lipinski definition) is 1. The Kier molecular flexibility index (Phi) is 5.36. The number of carbonyl (C=O) groups is 2. The van der Waals surface area contributed by atoms with E-state index in [1.165, 1.54) is 4.90 Å². The van der Waals surface area contributed by atoms with Gasteiger partial charge in [0.1, 0.15) is 5.54 Å². The molecule has 0 unspecified atom stereocenters. The summed E-state index contributed by atoms with van der Waals surface area (Å²) in [6.45, 7) is 0.852. The molecule has 1 aliphatic heterocycles. The molecule has 1 aliphatic carbocycles. The second kappa shape index (κ2) is 7.53. The highest BCUT2D eigenvalue weighted by Gasteiger charge is 2.51. The van der Waals surface area contributed by atoms with Gasteiger partial charge < -0.3 is 14.8 Å². The van der Waals surface area contributed by atoms with Crippen molar-refractivity contribution < 1.29 is 19.1 Å². The fraction of sp³-hybridized carbons (Fsp3) is 0.579. The molecule has 3 rings (SSSR count). The van der Waals surface area contributed by atoms with Crippen molar-refractivity contribution in [2.75, 3.05) is 27.9 Å². The zero-order valence-corrected chi connectivity index (χ0v) is 15.7. The third kappa shape index (κ3) is 3.49. The lowest BCUT2D eigenvalue weighted by atomic mass is 9.82. The molecule has 1 heterocycles. The molecular weight excluding hydrogens is 334 g/mol. The van der Waals surface area contributed by atoms with Gasteiger partial charge in [-0.3, -0.25) is 9.69 Å². The van der Waals surface area contributed by atoms with Gasteiger partial charge in [-0.2, -0.15) is 0 Å². The first-order valence-electron chi connectivity index (χ1n) is 9.02. The first-order chi connectivity index (χ1) is 12.5. The summed E-state index contributed by atoms with van der Waals surface area (Å²) in [6, 6.07) is 5.43. The molecule has 0 radical (unpaired) electrons. The van der Waals surface area contributed by atoms with E-state index in [-0.39, 0.29) is 18.6 Å². The summed E-state index contributed by atoms with van der Waals surface area (Å²) < 4.78 is 10.6. The third-order valence-electron chi connectivity index (χ3n) is 5.24. The molecule has 1 aromatic rings. The lowest BCUT2D eigenvalue weighted by molar-refractivity contribution is -0.133. The zero-order valence-electron chi connectivity index (χ0n) is 15.7. The van der Waals surface area contributed by atoms with Gasteiger partial charge in [0.25, 0.3) is 5.91 Å². The molecule has 26 heavy (non-hydrogen) atoms. The highest BCUT2D eigenvalue weighted by molar-refractivity contribution is 6.07. The molecule has 7 heteroatoms. The van der Waals surface area contributed by atoms with E-state index in [4.69, 9.17) is 9.47 Å². The van der Waals surface area contributed by atoms with E-state index in [2.05, 4.69) is 5.32 Å². The molecule has 1 aromatic carbocycles. The summed E-state index contributed by atoms with van der Waals surface area (Å²) in [6.07, 6.45) is 4.59. The van der Waals surface area contributed by atoms with Gasteiger partial charge in [-0.05, 0) is 37.6 Å². The molecule has 1 spiro atoms. The standard InChI is InChI=1S/C19H27N3O4/c1-21(12-14-7-8-15(25-2)16(11-14)26-3)13-22-17(23)19(20-18(22)24)9-5-4-6-10-19/h7-8,11H,4-6,9-10,12-13H2,1-3H3,(H,20,24). The first-order valence-corrected chi connectivity index (χ1v) is 9.02. The topological polar surface area (TPSA) is 71.1 Å². The van der Waals surface area contributed by atoms with E-state index in [1.807, 2.05) is 30.1 Å². The van der Waals surface area contributed by atoms with Crippen molar-refractivity contribution >= 4 is 11.9 Å². The van der Waals surface area contributed by atoms with Crippen molar-refractivity contribution in [3.63, 3.8) is 0 Å². The molecule has 0 bridgehead atoms. The number of rotatable bonds is 6. The van der Waals surface area contributed by atoms with Gasteiger partial charge in [-0.1, -0.05) is 25.3 Å². The molecule has 3 amide bonds. The molecule has 2 aliphatic rings. The van der Waals surface area contributed by atoms with Crippen molar-refractivity contribution in [3.05, 3.63) is 23.8 Å². The zero-order chi connectivity index (χ0) is 18.7. The Hall–Kier alpha value is -2.28. The number of urea groups is 1. The quantitative estimate of drug-likeness (QED) is 0.788. The van der Waals surface area contributed by atoms with Crippen molar-refractivity contribution in [2.24, 2.45) is 0 Å². The molecule has 142 valence electrons. The van der Waals surface area contributed by atoms with Crippen LogP contribution in [0.2, 0.25) is 0 Å². The lowest BCUT2D eigenvalue weighted by Gasteiger charge is -2.31. The second-order valence-corrected chi connectivity index (χ2v) is 7.15. The number of hydrogen-bond acceptors (Lipinski definition) is 5. The fourth-order valence-electron chi connectivity index (χ4n) is 3.88. The van der Waals surface area contributed by atoms with Crippen LogP contribution < -0.4 is 14.8 Å². The van der Waals surface area contributed by atoms with E-state index >= 15 is 0 Å². The summed E-state index contributed by atoms with van der Waals surface area (Å²) in [5.74, 6) is 1.25. The fourth-order valence-corrected chi connectivity index (χ4v) is 3.88. The monoisotopic (exact) mass is 361 g/mol. The van der Waals surface area contributed by atoms with Crippen molar-refractivity contribution in [3.8, 4) is 11.5 Å². The highest BCUT2D eigenvalue weighted by Crippen LogP contribution is 2.34. The summed E-state index contributed by atoms with van der Waals surface area (Å²) in [7, 11) is 5.09. The lowest BCUT2D eigenvalue weighted by Crippen LogP contribution is -2.48. The maximum atomic E-state index is 12.8. The minimum Gasteiger partial charge on any atom is -0.493 e. The summed E-state index contributed by atoms with van der Waals surface area (Å²) >= 11 is 0. The second-order valence-electron chi connectivity index (χ2n) is 7.15. The van der Waals surface area contributed by atoms with Gasteiger partial charge in [0.15, 0.2) is 11.5 Å². The minimum absolute atomic E-state index is 0.0821. The van der Waals surface area contributed by atoms with Crippen molar-refractivity contribution in [1.29, 1.82) is 0 Å². The molecule has 0 atom stereocenters. The minimum atomic E-state index is -0.667. The van der Waals surface area contributed by atoms with Crippen molar-refractivity contribution in [2.45, 2.75) is 44.2 Å². The van der Waals surface area contributed by atoms with Crippen LogP contribution in [-0.4, -0.2) is 55.2 Å². The van der Waals surface area contributed by atoms with E-state index in [1.54, 1.807) is 14.2 Å². The largest absolute Gasteiger partial charge is 0.493 e. The number of nitrogens with zero attached hydrogens (tertiary/aromatic N) is 2. The van der Waals surface area contributed by atoms with Crippen LogP contribution in [0.15, 0.2) is 18.2 Å². The van der Waals surface area contributed by atoms with Crippen LogP contribution in [0, 0.1) is 0 Å². The number of amides is 3. The third-order valence-corrected chi connectivity index (χ3v) is 5.24. The Bertz CT molecular complexity index is 685. The number of methoxy groups -OCH3 is 2. The number of carbonyl (C=O) groups excluding carboxylic acids is 2. The van der Waals surface area contributed by atoms with Crippen LogP contribution in [0.25, 0.3) is 0 Å². The molecule has 1 saturated heterocycles. The molecule has 1 saturated carbocycles. The van der Waals surface area contributed by atoms with Crippen LogP contribution >= 0.6 is 0 Å². The summed E-state index contributed by atoms with van der Waals surface area (Å²) in [5.41, 5.74) is 0.351. The molecule has 2 fully saturated rings.